The van der Waals surface area contributed by atoms with Crippen molar-refractivity contribution < 1.29 is 48.0 Å². The molecule has 2 fully saturated rings. The van der Waals surface area contributed by atoms with E-state index < -0.39 is 12.1 Å². The SMILES string of the molecule is CCC(=C(c1ccc(O)cc1)c1ccc(OCCN(C)C(=O)COCCOCCOCCOCC(=O)N2CCC(C(NC(=O)C(C)NC)C(=O)N3CCCC3c3nc4c(-c5ccccc5)nccc4s3)CC2)cc1)c1ccccc1. The average molecular weight is 1110 g/mol. The fraction of sp³-hybridized carbons (Fsp3) is 0.419. The Bertz CT molecular complexity index is 2970. The highest BCUT2D eigenvalue weighted by atomic mass is 32.1. The molecule has 6 aromatic rings. The Morgan fingerprint density at radius 2 is 1.38 bits per heavy atom. The number of aromatic hydroxyl groups is 1. The number of likely N-dealkylation sites (N-methyl/N-ethyl adjacent to an activating group) is 2. The minimum Gasteiger partial charge on any atom is -0.508 e. The van der Waals surface area contributed by atoms with Gasteiger partial charge in [0, 0.05) is 38.4 Å². The summed E-state index contributed by atoms with van der Waals surface area (Å²) in [5.41, 5.74) is 8.08. The number of hydrogen-bond donors (Lipinski definition) is 3. The first-order valence-corrected chi connectivity index (χ1v) is 28.6. The summed E-state index contributed by atoms with van der Waals surface area (Å²) >= 11 is 1.58. The van der Waals surface area contributed by atoms with E-state index in [1.54, 1.807) is 60.5 Å². The maximum atomic E-state index is 14.6. The number of hydrogen-bond acceptors (Lipinski definition) is 14. The first-order chi connectivity index (χ1) is 39.0. The van der Waals surface area contributed by atoms with E-state index >= 15 is 0 Å². The fourth-order valence-corrected chi connectivity index (χ4v) is 11.2. The van der Waals surface area contributed by atoms with Gasteiger partial charge in [-0.15, -0.1) is 11.3 Å². The number of phenolic OH excluding ortho intramolecular Hbond substituents is 1. The maximum absolute atomic E-state index is 14.6. The summed E-state index contributed by atoms with van der Waals surface area (Å²) in [6, 6.07) is 36.0. The molecule has 3 N–H and O–H groups in total. The Morgan fingerprint density at radius 1 is 0.750 bits per heavy atom. The minimum absolute atomic E-state index is 0.0808. The Labute approximate surface area is 473 Å². The number of thiazole rings is 1. The number of rotatable bonds is 28. The van der Waals surface area contributed by atoms with E-state index in [-0.39, 0.29) is 74.4 Å². The van der Waals surface area contributed by atoms with Crippen molar-refractivity contribution in [2.45, 2.75) is 64.1 Å². The summed E-state index contributed by atoms with van der Waals surface area (Å²) in [5.74, 6) is 0.0731. The van der Waals surface area contributed by atoms with Crippen molar-refractivity contribution in [3.63, 3.8) is 0 Å². The van der Waals surface area contributed by atoms with Gasteiger partial charge in [0.15, 0.2) is 0 Å². The largest absolute Gasteiger partial charge is 0.508 e. The van der Waals surface area contributed by atoms with Crippen molar-refractivity contribution in [3.8, 4) is 22.8 Å². The Balaban J connectivity index is 0.685. The van der Waals surface area contributed by atoms with Crippen molar-refractivity contribution in [1.82, 2.24) is 35.3 Å². The molecule has 424 valence electrons. The van der Waals surface area contributed by atoms with E-state index in [0.29, 0.717) is 71.2 Å². The second-order valence-corrected chi connectivity index (χ2v) is 21.0. The van der Waals surface area contributed by atoms with Crippen LogP contribution in [0.5, 0.6) is 11.5 Å². The molecule has 3 unspecified atom stereocenters. The predicted octanol–water partition coefficient (Wildman–Crippen LogP) is 8.03. The monoisotopic (exact) mass is 1110 g/mol. The third kappa shape index (κ3) is 15.9. The van der Waals surface area contributed by atoms with Crippen molar-refractivity contribution in [2.24, 2.45) is 5.92 Å². The average Bonchev–Trinajstić information content (AvgIpc) is 4.18. The third-order valence-corrected chi connectivity index (χ3v) is 15.8. The molecular formula is C62H75N7O10S. The molecule has 2 aromatic heterocycles. The molecule has 4 aromatic carbocycles. The Kier molecular flexibility index (Phi) is 22.1. The molecule has 2 aliphatic heterocycles. The molecule has 0 bridgehead atoms. The number of amides is 4. The standard InChI is InChI=1S/C62H75N7O10S/c1-5-51(44-13-8-6-9-14-44)56(45-18-22-49(70)23-19-45)46-20-24-50(25-21-46)79-34-33-67(4)54(71)41-77-39-37-75-35-36-76-38-40-78-42-55(72)68-31-27-48(28-32-68)58(65-60(73)43(2)63-3)62(74)69-30-12-17-52(69)61-66-59-53(80-61)26-29-64-57(59)47-15-10-7-11-16-47/h6-11,13-16,18-26,29,43,48,52,58,63,70H,5,12,17,27-28,30-42H2,1-4H3,(H,65,73). The van der Waals surface area contributed by atoms with Gasteiger partial charge < -0.3 is 54.1 Å². The lowest BCUT2D eigenvalue weighted by Gasteiger charge is -2.38. The summed E-state index contributed by atoms with van der Waals surface area (Å²) < 4.78 is 29.5. The number of carbonyl (C=O) groups excluding carboxylic acids is 4. The van der Waals surface area contributed by atoms with Crippen LogP contribution in [0.2, 0.25) is 0 Å². The number of nitrogens with zero attached hydrogens (tertiary/aromatic N) is 5. The first kappa shape index (κ1) is 59.1. The molecule has 0 saturated carbocycles. The van der Waals surface area contributed by atoms with Crippen LogP contribution in [-0.2, 0) is 38.1 Å². The molecule has 0 spiro atoms. The first-order valence-electron chi connectivity index (χ1n) is 27.8. The number of pyridine rings is 1. The van der Waals surface area contributed by atoms with Gasteiger partial charge in [-0.2, -0.15) is 0 Å². The van der Waals surface area contributed by atoms with Crippen LogP contribution in [0.1, 0.15) is 73.7 Å². The number of benzene rings is 4. The molecule has 2 aliphatic rings. The van der Waals surface area contributed by atoms with Crippen molar-refractivity contribution in [3.05, 3.63) is 143 Å². The van der Waals surface area contributed by atoms with Gasteiger partial charge >= 0.3 is 0 Å². The second kappa shape index (κ2) is 30.0. The Morgan fingerprint density at radius 3 is 2.02 bits per heavy atom. The summed E-state index contributed by atoms with van der Waals surface area (Å²) in [5, 5.41) is 16.9. The lowest BCUT2D eigenvalue weighted by atomic mass is 9.88. The molecule has 0 radical (unpaired) electrons. The third-order valence-electron chi connectivity index (χ3n) is 14.7. The lowest BCUT2D eigenvalue weighted by molar-refractivity contribution is -0.142. The highest BCUT2D eigenvalue weighted by Gasteiger charge is 2.41. The molecule has 80 heavy (non-hydrogen) atoms. The predicted molar refractivity (Wildman–Crippen MR) is 310 cm³/mol. The van der Waals surface area contributed by atoms with E-state index in [1.165, 1.54) is 5.57 Å². The zero-order valence-corrected chi connectivity index (χ0v) is 47.2. The topological polar surface area (TPSA) is 194 Å². The Hall–Kier alpha value is -7.06. The smallest absolute Gasteiger partial charge is 0.248 e. The zero-order chi connectivity index (χ0) is 56.2. The van der Waals surface area contributed by atoms with E-state index in [2.05, 4.69) is 34.7 Å². The quantitative estimate of drug-likeness (QED) is 0.0316. The fourth-order valence-electron chi connectivity index (χ4n) is 10.1. The number of ether oxygens (including phenoxy) is 5. The van der Waals surface area contributed by atoms with Gasteiger partial charge in [0.1, 0.15) is 47.9 Å². The molecule has 2 saturated heterocycles. The summed E-state index contributed by atoms with van der Waals surface area (Å²) in [6.07, 6.45) is 5.33. The molecular weight excluding hydrogens is 1030 g/mol. The van der Waals surface area contributed by atoms with E-state index in [0.717, 1.165) is 68.0 Å². The minimum atomic E-state index is -0.749. The summed E-state index contributed by atoms with van der Waals surface area (Å²) in [6.45, 7) is 7.60. The van der Waals surface area contributed by atoms with Crippen LogP contribution in [0.3, 0.4) is 0 Å². The summed E-state index contributed by atoms with van der Waals surface area (Å²) in [4.78, 5) is 68.8. The van der Waals surface area contributed by atoms with E-state index in [9.17, 15) is 24.3 Å². The van der Waals surface area contributed by atoms with Crippen LogP contribution in [0.4, 0.5) is 0 Å². The summed E-state index contributed by atoms with van der Waals surface area (Å²) in [7, 11) is 3.43. The number of likely N-dealkylation sites (tertiary alicyclic amines) is 2. The molecule has 17 nitrogen and oxygen atoms in total. The van der Waals surface area contributed by atoms with Crippen LogP contribution in [-0.4, -0.2) is 165 Å². The number of piperidine rings is 1. The van der Waals surface area contributed by atoms with Gasteiger partial charge in [-0.25, -0.2) is 4.98 Å². The number of aromatic nitrogens is 2. The molecule has 4 amide bonds. The van der Waals surface area contributed by atoms with Gasteiger partial charge in [-0.05, 0) is 110 Å². The van der Waals surface area contributed by atoms with Gasteiger partial charge in [0.25, 0.3) is 0 Å². The number of allylic oxidation sites excluding steroid dienone is 1. The van der Waals surface area contributed by atoms with Crippen LogP contribution in [0, 0.1) is 5.92 Å². The number of fused-ring (bicyclic) bond motifs is 1. The van der Waals surface area contributed by atoms with Gasteiger partial charge in [-0.1, -0.05) is 91.9 Å². The highest BCUT2D eigenvalue weighted by molar-refractivity contribution is 7.18. The van der Waals surface area contributed by atoms with Gasteiger partial charge in [0.05, 0.1) is 68.7 Å². The number of carbonyl (C=O) groups is 4. The highest BCUT2D eigenvalue weighted by Crippen LogP contribution is 2.40. The van der Waals surface area contributed by atoms with E-state index in [4.69, 9.17) is 28.7 Å². The molecule has 3 atom stereocenters. The van der Waals surface area contributed by atoms with Crippen LogP contribution >= 0.6 is 11.3 Å². The van der Waals surface area contributed by atoms with Crippen molar-refractivity contribution in [2.75, 3.05) is 99.7 Å². The molecule has 0 aliphatic carbocycles. The maximum Gasteiger partial charge on any atom is 0.248 e. The van der Waals surface area contributed by atoms with Crippen molar-refractivity contribution >= 4 is 56.3 Å². The van der Waals surface area contributed by atoms with Crippen LogP contribution < -0.4 is 15.4 Å². The van der Waals surface area contributed by atoms with Crippen molar-refractivity contribution in [1.29, 1.82) is 0 Å². The van der Waals surface area contributed by atoms with Gasteiger partial charge in [0.2, 0.25) is 23.6 Å². The molecule has 18 heteroatoms. The second-order valence-electron chi connectivity index (χ2n) is 20.0. The molecule has 4 heterocycles. The normalized spacial score (nSPS) is 15.8. The van der Waals surface area contributed by atoms with Gasteiger partial charge in [-0.3, -0.25) is 24.2 Å². The number of nitrogens with one attached hydrogen (secondary N) is 2. The lowest BCUT2D eigenvalue weighted by Crippen LogP contribution is -2.57. The van der Waals surface area contributed by atoms with E-state index in [1.807, 2.05) is 95.9 Å². The zero-order valence-electron chi connectivity index (χ0n) is 46.4. The number of phenols is 1. The van der Waals surface area contributed by atoms with Crippen LogP contribution in [0.15, 0.2) is 121 Å². The van der Waals surface area contributed by atoms with Crippen LogP contribution in [0.25, 0.3) is 32.6 Å². The molecule has 8 rings (SSSR count).